The van der Waals surface area contributed by atoms with Crippen LogP contribution in [0.15, 0.2) is 30.3 Å². The standard InChI is InChI=1S/C23H30N6O/c1-16-13-17(2)29-23(25-16)26-21(27-29)14-22(30)24-15-18-9-11-20(12-10-18)28(3)19-7-5-4-6-8-19/h9-13,19H,4-8,14-15H2,1-3H3,(H,24,30). The topological polar surface area (TPSA) is 75.4 Å². The Labute approximate surface area is 177 Å². The first-order valence-corrected chi connectivity index (χ1v) is 10.8. The summed E-state index contributed by atoms with van der Waals surface area (Å²) < 4.78 is 1.68. The highest BCUT2D eigenvalue weighted by atomic mass is 16.1. The third kappa shape index (κ3) is 4.61. The average Bonchev–Trinajstić information content (AvgIpc) is 3.15. The maximum atomic E-state index is 12.4. The summed E-state index contributed by atoms with van der Waals surface area (Å²) in [5.74, 6) is 0.926. The van der Waals surface area contributed by atoms with Gasteiger partial charge in [-0.05, 0) is 50.5 Å². The summed E-state index contributed by atoms with van der Waals surface area (Å²) in [5, 5.41) is 7.37. The van der Waals surface area contributed by atoms with Gasteiger partial charge in [-0.1, -0.05) is 31.4 Å². The first-order chi connectivity index (χ1) is 14.5. The van der Waals surface area contributed by atoms with Crippen LogP contribution in [-0.2, 0) is 17.8 Å². The minimum Gasteiger partial charge on any atom is -0.372 e. The molecule has 1 aliphatic rings. The molecule has 0 bridgehead atoms. The zero-order chi connectivity index (χ0) is 21.1. The molecule has 3 aromatic rings. The van der Waals surface area contributed by atoms with Crippen molar-refractivity contribution in [1.29, 1.82) is 0 Å². The van der Waals surface area contributed by atoms with Crippen LogP contribution < -0.4 is 10.2 Å². The Morgan fingerprint density at radius 2 is 1.87 bits per heavy atom. The third-order valence-electron chi connectivity index (χ3n) is 5.94. The summed E-state index contributed by atoms with van der Waals surface area (Å²) in [6, 6.07) is 11.1. The van der Waals surface area contributed by atoms with Crippen molar-refractivity contribution in [2.75, 3.05) is 11.9 Å². The molecule has 4 rings (SSSR count). The lowest BCUT2D eigenvalue weighted by molar-refractivity contribution is -0.120. The number of hydrogen-bond acceptors (Lipinski definition) is 5. The molecule has 1 aromatic carbocycles. The SMILES string of the molecule is Cc1cc(C)n2nc(CC(=O)NCc3ccc(N(C)C4CCCCC4)cc3)nc2n1. The van der Waals surface area contributed by atoms with Gasteiger partial charge < -0.3 is 10.2 Å². The number of carbonyl (C=O) groups excluding carboxylic acids is 1. The van der Waals surface area contributed by atoms with Crippen molar-refractivity contribution in [2.45, 2.75) is 65.0 Å². The van der Waals surface area contributed by atoms with Crippen LogP contribution in [0.2, 0.25) is 0 Å². The lowest BCUT2D eigenvalue weighted by Crippen LogP contribution is -2.33. The van der Waals surface area contributed by atoms with E-state index in [1.165, 1.54) is 37.8 Å². The fourth-order valence-electron chi connectivity index (χ4n) is 4.22. The number of amides is 1. The first-order valence-electron chi connectivity index (χ1n) is 10.8. The van der Waals surface area contributed by atoms with Crippen LogP contribution in [0.1, 0.15) is 54.9 Å². The molecule has 0 atom stereocenters. The van der Waals surface area contributed by atoms with E-state index in [2.05, 4.69) is 56.6 Å². The van der Waals surface area contributed by atoms with Gasteiger partial charge in [0.05, 0.1) is 6.42 Å². The first kappa shape index (κ1) is 20.3. The van der Waals surface area contributed by atoms with Gasteiger partial charge in [-0.3, -0.25) is 4.79 Å². The van der Waals surface area contributed by atoms with Gasteiger partial charge in [0.25, 0.3) is 5.78 Å². The maximum absolute atomic E-state index is 12.4. The van der Waals surface area contributed by atoms with E-state index in [-0.39, 0.29) is 12.3 Å². The lowest BCUT2D eigenvalue weighted by Gasteiger charge is -2.33. The molecule has 2 aromatic heterocycles. The van der Waals surface area contributed by atoms with Crippen LogP contribution >= 0.6 is 0 Å². The van der Waals surface area contributed by atoms with Crippen molar-refractivity contribution in [3.05, 3.63) is 53.1 Å². The molecule has 30 heavy (non-hydrogen) atoms. The molecule has 0 spiro atoms. The summed E-state index contributed by atoms with van der Waals surface area (Å²) in [6.45, 7) is 4.37. The molecule has 1 fully saturated rings. The smallest absolute Gasteiger partial charge is 0.252 e. The Balaban J connectivity index is 1.32. The number of anilines is 1. The van der Waals surface area contributed by atoms with Gasteiger partial charge >= 0.3 is 0 Å². The molecule has 2 heterocycles. The van der Waals surface area contributed by atoms with Crippen molar-refractivity contribution in [2.24, 2.45) is 0 Å². The van der Waals surface area contributed by atoms with Crippen LogP contribution in [0.3, 0.4) is 0 Å². The van der Waals surface area contributed by atoms with Crippen molar-refractivity contribution in [3.63, 3.8) is 0 Å². The molecule has 0 unspecified atom stereocenters. The van der Waals surface area contributed by atoms with Crippen LogP contribution in [0.25, 0.3) is 5.78 Å². The number of nitrogens with zero attached hydrogens (tertiary/aromatic N) is 5. The summed E-state index contributed by atoms with van der Waals surface area (Å²) in [6.07, 6.45) is 6.72. The predicted molar refractivity (Wildman–Crippen MR) is 118 cm³/mol. The van der Waals surface area contributed by atoms with Crippen LogP contribution in [0.5, 0.6) is 0 Å². The fourth-order valence-corrected chi connectivity index (χ4v) is 4.22. The van der Waals surface area contributed by atoms with E-state index in [0.717, 1.165) is 17.0 Å². The van der Waals surface area contributed by atoms with E-state index in [9.17, 15) is 4.79 Å². The second-order valence-electron chi connectivity index (χ2n) is 8.30. The third-order valence-corrected chi connectivity index (χ3v) is 5.94. The quantitative estimate of drug-likeness (QED) is 0.679. The highest BCUT2D eigenvalue weighted by molar-refractivity contribution is 5.77. The summed E-state index contributed by atoms with van der Waals surface area (Å²) >= 11 is 0. The Morgan fingerprint density at radius 1 is 1.13 bits per heavy atom. The predicted octanol–water partition coefficient (Wildman–Crippen LogP) is 3.37. The van der Waals surface area contributed by atoms with Gasteiger partial charge in [0.1, 0.15) is 0 Å². The Morgan fingerprint density at radius 3 is 2.60 bits per heavy atom. The number of fused-ring (bicyclic) bond motifs is 1. The van der Waals surface area contributed by atoms with Gasteiger partial charge in [0.2, 0.25) is 5.91 Å². The van der Waals surface area contributed by atoms with E-state index >= 15 is 0 Å². The van der Waals surface area contributed by atoms with E-state index in [1.807, 2.05) is 19.9 Å². The second-order valence-corrected chi connectivity index (χ2v) is 8.30. The molecule has 1 amide bonds. The summed E-state index contributed by atoms with van der Waals surface area (Å²) in [7, 11) is 2.19. The Kier molecular flexibility index (Phi) is 5.97. The second kappa shape index (κ2) is 8.81. The monoisotopic (exact) mass is 406 g/mol. The van der Waals surface area contributed by atoms with Crippen molar-refractivity contribution in [3.8, 4) is 0 Å². The van der Waals surface area contributed by atoms with Gasteiger partial charge in [-0.15, -0.1) is 5.10 Å². The summed E-state index contributed by atoms with van der Waals surface area (Å²) in [5.41, 5.74) is 4.17. The van der Waals surface area contributed by atoms with Crippen LogP contribution in [0.4, 0.5) is 5.69 Å². The van der Waals surface area contributed by atoms with E-state index < -0.39 is 0 Å². The zero-order valence-electron chi connectivity index (χ0n) is 18.1. The lowest BCUT2D eigenvalue weighted by atomic mass is 9.94. The molecule has 1 saturated carbocycles. The Bertz CT molecular complexity index is 1020. The number of hydrogen-bond donors (Lipinski definition) is 1. The number of benzene rings is 1. The molecule has 0 saturated heterocycles. The van der Waals surface area contributed by atoms with Crippen molar-refractivity contribution >= 4 is 17.4 Å². The van der Waals surface area contributed by atoms with Crippen LogP contribution in [0, 0.1) is 13.8 Å². The molecule has 1 aliphatic carbocycles. The van der Waals surface area contributed by atoms with Crippen molar-refractivity contribution < 1.29 is 4.79 Å². The van der Waals surface area contributed by atoms with E-state index in [0.29, 0.717) is 24.2 Å². The van der Waals surface area contributed by atoms with Gasteiger partial charge in [0.15, 0.2) is 5.82 Å². The van der Waals surface area contributed by atoms with Crippen molar-refractivity contribution in [1.82, 2.24) is 24.9 Å². The largest absolute Gasteiger partial charge is 0.372 e. The minimum atomic E-state index is -0.0938. The highest BCUT2D eigenvalue weighted by Crippen LogP contribution is 2.26. The van der Waals surface area contributed by atoms with Gasteiger partial charge in [0, 0.05) is 36.7 Å². The number of aromatic nitrogens is 4. The van der Waals surface area contributed by atoms with E-state index in [4.69, 9.17) is 0 Å². The molecule has 1 N–H and O–H groups in total. The number of nitrogens with one attached hydrogen (secondary N) is 1. The van der Waals surface area contributed by atoms with Gasteiger partial charge in [-0.25, -0.2) is 9.50 Å². The molecule has 0 radical (unpaired) electrons. The fraction of sp³-hybridized carbons (Fsp3) is 0.478. The molecular formula is C23H30N6O. The van der Waals surface area contributed by atoms with Gasteiger partial charge in [-0.2, -0.15) is 4.98 Å². The van der Waals surface area contributed by atoms with E-state index in [1.54, 1.807) is 4.52 Å². The number of rotatable bonds is 6. The maximum Gasteiger partial charge on any atom is 0.252 e. The number of carbonyl (C=O) groups is 1. The normalized spacial score (nSPS) is 14.8. The number of aryl methyl sites for hydroxylation is 2. The molecule has 0 aliphatic heterocycles. The average molecular weight is 407 g/mol. The molecule has 7 nitrogen and oxygen atoms in total. The van der Waals surface area contributed by atoms with Crippen LogP contribution in [-0.4, -0.2) is 38.6 Å². The summed E-state index contributed by atoms with van der Waals surface area (Å²) in [4.78, 5) is 23.5. The highest BCUT2D eigenvalue weighted by Gasteiger charge is 2.18. The minimum absolute atomic E-state index is 0.0938. The zero-order valence-corrected chi connectivity index (χ0v) is 18.1. The molecular weight excluding hydrogens is 376 g/mol. The molecule has 7 heteroatoms. The molecule has 158 valence electrons. The Hall–Kier alpha value is -2.96.